The molecule has 0 radical (unpaired) electrons. The van der Waals surface area contributed by atoms with Crippen LogP contribution in [0.15, 0.2) is 59.5 Å². The number of rotatable bonds is 9. The largest absolute Gasteiger partial charge is 0.494 e. The molecule has 1 fully saturated rings. The molecule has 3 rings (SSSR count). The molecule has 8 heteroatoms. The van der Waals surface area contributed by atoms with Gasteiger partial charge in [-0.05, 0) is 42.7 Å². The fourth-order valence-electron chi connectivity index (χ4n) is 3.63. The third-order valence-electron chi connectivity index (χ3n) is 5.40. The predicted octanol–water partition coefficient (Wildman–Crippen LogP) is 2.31. The van der Waals surface area contributed by atoms with Gasteiger partial charge >= 0.3 is 0 Å². The van der Waals surface area contributed by atoms with Crippen molar-refractivity contribution in [3.8, 4) is 5.75 Å². The van der Waals surface area contributed by atoms with E-state index in [9.17, 15) is 13.2 Å². The summed E-state index contributed by atoms with van der Waals surface area (Å²) < 4.78 is 33.7. The second-order valence-corrected chi connectivity index (χ2v) is 9.58. The van der Waals surface area contributed by atoms with Crippen molar-refractivity contribution < 1.29 is 17.9 Å². The van der Waals surface area contributed by atoms with Crippen LogP contribution in [-0.2, 0) is 14.8 Å². The first-order valence-electron chi connectivity index (χ1n) is 10.7. The van der Waals surface area contributed by atoms with E-state index in [0.717, 1.165) is 18.7 Å². The Morgan fingerprint density at radius 2 is 1.74 bits per heavy atom. The van der Waals surface area contributed by atoms with E-state index >= 15 is 0 Å². The fraction of sp³-hybridized carbons (Fsp3) is 0.435. The number of piperazine rings is 1. The second kappa shape index (κ2) is 10.7. The van der Waals surface area contributed by atoms with Gasteiger partial charge in [0.2, 0.25) is 15.9 Å². The quantitative estimate of drug-likeness (QED) is 0.641. The number of nitrogens with zero attached hydrogens (tertiary/aromatic N) is 2. The number of sulfonamides is 1. The maximum atomic E-state index is 13.5. The zero-order valence-corrected chi connectivity index (χ0v) is 19.0. The first-order valence-corrected chi connectivity index (χ1v) is 12.1. The Morgan fingerprint density at radius 1 is 1.10 bits per heavy atom. The average molecular weight is 446 g/mol. The van der Waals surface area contributed by atoms with Crippen molar-refractivity contribution in [2.24, 2.45) is 0 Å². The number of hydrogen-bond acceptors (Lipinski definition) is 5. The van der Waals surface area contributed by atoms with Crippen LogP contribution >= 0.6 is 0 Å². The van der Waals surface area contributed by atoms with Gasteiger partial charge in [0.1, 0.15) is 5.75 Å². The molecule has 0 unspecified atom stereocenters. The van der Waals surface area contributed by atoms with Crippen LogP contribution < -0.4 is 10.1 Å². The van der Waals surface area contributed by atoms with Crippen molar-refractivity contribution in [3.05, 3.63) is 60.2 Å². The number of carbonyl (C=O) groups excluding carboxylic acids is 1. The summed E-state index contributed by atoms with van der Waals surface area (Å²) in [6, 6.07) is 16.1. The molecule has 1 atom stereocenters. The number of amides is 1. The van der Waals surface area contributed by atoms with Crippen molar-refractivity contribution in [2.75, 3.05) is 45.9 Å². The SMILES string of the molecule is CCOc1ccc(S(=O)(=O)N(CC(=O)N2CCNCC2)C[C@@H](C)c2ccccc2)cc1. The molecule has 1 heterocycles. The summed E-state index contributed by atoms with van der Waals surface area (Å²) in [6.45, 7) is 7.02. The Hall–Kier alpha value is -2.42. The lowest BCUT2D eigenvalue weighted by atomic mass is 10.0. The van der Waals surface area contributed by atoms with Crippen LogP contribution in [0.4, 0.5) is 0 Å². The van der Waals surface area contributed by atoms with Crippen molar-refractivity contribution >= 4 is 15.9 Å². The summed E-state index contributed by atoms with van der Waals surface area (Å²) in [5.41, 5.74) is 1.03. The zero-order chi connectivity index (χ0) is 22.3. The molecular weight excluding hydrogens is 414 g/mol. The minimum Gasteiger partial charge on any atom is -0.494 e. The number of carbonyl (C=O) groups is 1. The Morgan fingerprint density at radius 3 is 2.35 bits per heavy atom. The molecule has 2 aromatic rings. The van der Waals surface area contributed by atoms with Gasteiger partial charge in [-0.1, -0.05) is 37.3 Å². The van der Waals surface area contributed by atoms with Crippen LogP contribution in [0, 0.1) is 0 Å². The molecule has 168 valence electrons. The van der Waals surface area contributed by atoms with Crippen LogP contribution in [0.5, 0.6) is 5.75 Å². The van der Waals surface area contributed by atoms with E-state index in [0.29, 0.717) is 25.4 Å². The third-order valence-corrected chi connectivity index (χ3v) is 7.23. The average Bonchev–Trinajstić information content (AvgIpc) is 2.80. The predicted molar refractivity (Wildman–Crippen MR) is 121 cm³/mol. The van der Waals surface area contributed by atoms with Crippen molar-refractivity contribution in [2.45, 2.75) is 24.7 Å². The molecule has 1 saturated heterocycles. The summed E-state index contributed by atoms with van der Waals surface area (Å²) in [5.74, 6) is 0.383. The number of benzene rings is 2. The highest BCUT2D eigenvalue weighted by Gasteiger charge is 2.30. The molecule has 1 amide bonds. The molecule has 1 N–H and O–H groups in total. The van der Waals surface area contributed by atoms with Gasteiger partial charge in [0.05, 0.1) is 18.0 Å². The van der Waals surface area contributed by atoms with E-state index in [1.807, 2.05) is 44.2 Å². The lowest BCUT2D eigenvalue weighted by Crippen LogP contribution is -2.50. The van der Waals surface area contributed by atoms with Gasteiger partial charge < -0.3 is 15.0 Å². The van der Waals surface area contributed by atoms with Gasteiger partial charge in [-0.3, -0.25) is 4.79 Å². The van der Waals surface area contributed by atoms with Crippen molar-refractivity contribution in [1.82, 2.24) is 14.5 Å². The maximum absolute atomic E-state index is 13.5. The van der Waals surface area contributed by atoms with Crippen molar-refractivity contribution in [3.63, 3.8) is 0 Å². The van der Waals surface area contributed by atoms with Gasteiger partial charge in [0, 0.05) is 32.7 Å². The standard InChI is InChI=1S/C23H31N3O4S/c1-3-30-21-9-11-22(12-10-21)31(28,29)26(17-19(2)20-7-5-4-6-8-20)18-23(27)25-15-13-24-14-16-25/h4-12,19,24H,3,13-18H2,1-2H3/t19-/m1/s1. The molecular formula is C23H31N3O4S. The van der Waals surface area contributed by atoms with E-state index in [4.69, 9.17) is 4.74 Å². The first kappa shape index (κ1) is 23.2. The highest BCUT2D eigenvalue weighted by molar-refractivity contribution is 7.89. The van der Waals surface area contributed by atoms with Gasteiger partial charge in [-0.2, -0.15) is 4.31 Å². The van der Waals surface area contributed by atoms with E-state index in [-0.39, 0.29) is 29.8 Å². The van der Waals surface area contributed by atoms with Crippen LogP contribution in [-0.4, -0.2) is 69.4 Å². The Balaban J connectivity index is 1.84. The number of hydrogen-bond donors (Lipinski definition) is 1. The molecule has 0 aromatic heterocycles. The van der Waals surface area contributed by atoms with E-state index in [2.05, 4.69) is 5.32 Å². The molecule has 0 spiro atoms. The monoisotopic (exact) mass is 445 g/mol. The van der Waals surface area contributed by atoms with Gasteiger partial charge in [0.15, 0.2) is 0 Å². The second-order valence-electron chi connectivity index (χ2n) is 7.64. The summed E-state index contributed by atoms with van der Waals surface area (Å²) >= 11 is 0. The summed E-state index contributed by atoms with van der Waals surface area (Å²) in [7, 11) is -3.85. The molecule has 0 aliphatic carbocycles. The van der Waals surface area contributed by atoms with E-state index < -0.39 is 10.0 Å². The van der Waals surface area contributed by atoms with Crippen molar-refractivity contribution in [1.29, 1.82) is 0 Å². The minimum absolute atomic E-state index is 0.0607. The topological polar surface area (TPSA) is 79.0 Å². The minimum atomic E-state index is -3.85. The molecule has 1 aliphatic rings. The Bertz CT molecular complexity index is 943. The lowest BCUT2D eigenvalue weighted by molar-refractivity contribution is -0.132. The molecule has 0 bridgehead atoms. The van der Waals surface area contributed by atoms with Crippen LogP contribution in [0.25, 0.3) is 0 Å². The van der Waals surface area contributed by atoms with Crippen LogP contribution in [0.3, 0.4) is 0 Å². The molecule has 2 aromatic carbocycles. The zero-order valence-electron chi connectivity index (χ0n) is 18.2. The van der Waals surface area contributed by atoms with Gasteiger partial charge in [0.25, 0.3) is 0 Å². The van der Waals surface area contributed by atoms with Gasteiger partial charge in [-0.25, -0.2) is 8.42 Å². The van der Waals surface area contributed by atoms with E-state index in [1.54, 1.807) is 17.0 Å². The maximum Gasteiger partial charge on any atom is 0.243 e. The van der Waals surface area contributed by atoms with E-state index in [1.165, 1.54) is 16.4 Å². The van der Waals surface area contributed by atoms with Crippen LogP contribution in [0.1, 0.15) is 25.3 Å². The Kier molecular flexibility index (Phi) is 8.06. The molecule has 31 heavy (non-hydrogen) atoms. The third kappa shape index (κ3) is 6.06. The van der Waals surface area contributed by atoms with Gasteiger partial charge in [-0.15, -0.1) is 0 Å². The van der Waals surface area contributed by atoms with Crippen LogP contribution in [0.2, 0.25) is 0 Å². The summed E-state index contributed by atoms with van der Waals surface area (Å²) in [5, 5.41) is 3.21. The highest BCUT2D eigenvalue weighted by atomic mass is 32.2. The normalized spacial score (nSPS) is 15.6. The molecule has 1 aliphatic heterocycles. The Labute approximate surface area is 185 Å². The molecule has 0 saturated carbocycles. The summed E-state index contributed by atoms with van der Waals surface area (Å²) in [6.07, 6.45) is 0. The lowest BCUT2D eigenvalue weighted by Gasteiger charge is -2.31. The number of nitrogens with one attached hydrogen (secondary N) is 1. The fourth-order valence-corrected chi connectivity index (χ4v) is 5.11. The smallest absolute Gasteiger partial charge is 0.243 e. The highest BCUT2D eigenvalue weighted by Crippen LogP contribution is 2.24. The summed E-state index contributed by atoms with van der Waals surface area (Å²) in [4.78, 5) is 14.8. The first-order chi connectivity index (χ1) is 14.9. The number of ether oxygens (including phenoxy) is 1. The molecule has 7 nitrogen and oxygen atoms in total.